The van der Waals surface area contributed by atoms with Gasteiger partial charge in [0.2, 0.25) is 0 Å². The minimum absolute atomic E-state index is 0.479. The van der Waals surface area contributed by atoms with Crippen LogP contribution in [-0.4, -0.2) is 5.11 Å². The standard InChI is InChI=1S/C12H10BrClOS/c13-10-4-5-16-12(10)11(15)7-8-2-1-3-9(14)6-8/h1-6,11,15H,7H2. The normalized spacial score (nSPS) is 12.7. The minimum Gasteiger partial charge on any atom is -0.387 e. The molecule has 2 aromatic rings. The second-order valence-electron chi connectivity index (χ2n) is 3.48. The van der Waals surface area contributed by atoms with Gasteiger partial charge in [-0.15, -0.1) is 11.3 Å². The van der Waals surface area contributed by atoms with Gasteiger partial charge < -0.3 is 5.11 Å². The molecule has 2 rings (SSSR count). The summed E-state index contributed by atoms with van der Waals surface area (Å²) in [6, 6.07) is 9.52. The van der Waals surface area contributed by atoms with Crippen molar-refractivity contribution in [2.75, 3.05) is 0 Å². The zero-order valence-electron chi connectivity index (χ0n) is 8.36. The molecule has 1 aromatic carbocycles. The zero-order valence-corrected chi connectivity index (χ0v) is 11.5. The van der Waals surface area contributed by atoms with Gasteiger partial charge in [-0.2, -0.15) is 0 Å². The SMILES string of the molecule is OC(Cc1cccc(Cl)c1)c1sccc1Br. The summed E-state index contributed by atoms with van der Waals surface area (Å²) < 4.78 is 0.965. The van der Waals surface area contributed by atoms with Crippen LogP contribution in [-0.2, 0) is 6.42 Å². The van der Waals surface area contributed by atoms with Crippen LogP contribution in [0.1, 0.15) is 16.5 Å². The van der Waals surface area contributed by atoms with E-state index in [2.05, 4.69) is 15.9 Å². The molecule has 0 fully saturated rings. The zero-order chi connectivity index (χ0) is 11.5. The van der Waals surface area contributed by atoms with E-state index in [0.29, 0.717) is 11.4 Å². The van der Waals surface area contributed by atoms with E-state index in [1.165, 1.54) is 0 Å². The molecular formula is C12H10BrClOS. The van der Waals surface area contributed by atoms with Crippen LogP contribution in [0.3, 0.4) is 0 Å². The van der Waals surface area contributed by atoms with Gasteiger partial charge in [0.15, 0.2) is 0 Å². The molecule has 1 N–H and O–H groups in total. The monoisotopic (exact) mass is 316 g/mol. The Morgan fingerprint density at radius 2 is 2.19 bits per heavy atom. The fraction of sp³-hybridized carbons (Fsp3) is 0.167. The highest BCUT2D eigenvalue weighted by Crippen LogP contribution is 2.31. The van der Waals surface area contributed by atoms with Gasteiger partial charge in [-0.1, -0.05) is 23.7 Å². The summed E-state index contributed by atoms with van der Waals surface area (Å²) in [5.41, 5.74) is 1.04. The Balaban J connectivity index is 2.14. The van der Waals surface area contributed by atoms with Gasteiger partial charge in [-0.05, 0) is 45.1 Å². The molecule has 84 valence electrons. The van der Waals surface area contributed by atoms with E-state index in [0.717, 1.165) is 14.9 Å². The molecule has 1 nitrogen and oxygen atoms in total. The molecule has 4 heteroatoms. The van der Waals surface area contributed by atoms with Crippen LogP contribution in [0.4, 0.5) is 0 Å². The lowest BCUT2D eigenvalue weighted by atomic mass is 10.1. The largest absolute Gasteiger partial charge is 0.387 e. The van der Waals surface area contributed by atoms with Crippen molar-refractivity contribution in [1.29, 1.82) is 0 Å². The summed E-state index contributed by atoms with van der Waals surface area (Å²) >= 11 is 10.9. The Bertz CT molecular complexity index is 483. The predicted octanol–water partition coefficient (Wildman–Crippen LogP) is 4.44. The van der Waals surface area contributed by atoms with Crippen molar-refractivity contribution in [2.45, 2.75) is 12.5 Å². The Morgan fingerprint density at radius 1 is 1.38 bits per heavy atom. The number of hydrogen-bond acceptors (Lipinski definition) is 2. The van der Waals surface area contributed by atoms with Gasteiger partial charge in [0, 0.05) is 20.8 Å². The number of aliphatic hydroxyl groups excluding tert-OH is 1. The Hall–Kier alpha value is -0.350. The molecule has 0 saturated heterocycles. The van der Waals surface area contributed by atoms with E-state index >= 15 is 0 Å². The lowest BCUT2D eigenvalue weighted by molar-refractivity contribution is 0.181. The van der Waals surface area contributed by atoms with Crippen LogP contribution in [0.2, 0.25) is 5.02 Å². The van der Waals surface area contributed by atoms with Crippen molar-refractivity contribution in [3.8, 4) is 0 Å². The molecule has 0 aliphatic rings. The van der Waals surface area contributed by atoms with Gasteiger partial charge in [0.1, 0.15) is 0 Å². The van der Waals surface area contributed by atoms with Crippen molar-refractivity contribution < 1.29 is 5.11 Å². The van der Waals surface area contributed by atoms with Crippen LogP contribution in [0, 0.1) is 0 Å². The van der Waals surface area contributed by atoms with Crippen molar-refractivity contribution in [1.82, 2.24) is 0 Å². The lowest BCUT2D eigenvalue weighted by Gasteiger charge is -2.09. The van der Waals surface area contributed by atoms with Crippen LogP contribution < -0.4 is 0 Å². The summed E-state index contributed by atoms with van der Waals surface area (Å²) in [4.78, 5) is 0.958. The smallest absolute Gasteiger partial charge is 0.0933 e. The van der Waals surface area contributed by atoms with E-state index in [1.54, 1.807) is 11.3 Å². The topological polar surface area (TPSA) is 20.2 Å². The molecule has 1 atom stereocenters. The second-order valence-corrected chi connectivity index (χ2v) is 5.72. The van der Waals surface area contributed by atoms with E-state index < -0.39 is 6.10 Å². The molecule has 1 heterocycles. The van der Waals surface area contributed by atoms with Crippen LogP contribution >= 0.6 is 38.9 Å². The highest BCUT2D eigenvalue weighted by molar-refractivity contribution is 9.10. The minimum atomic E-state index is -0.479. The van der Waals surface area contributed by atoms with E-state index in [4.69, 9.17) is 11.6 Å². The molecule has 0 aliphatic carbocycles. The first-order chi connectivity index (χ1) is 7.66. The van der Waals surface area contributed by atoms with Gasteiger partial charge in [0.25, 0.3) is 0 Å². The fourth-order valence-electron chi connectivity index (χ4n) is 1.52. The number of halogens is 2. The number of thiophene rings is 1. The van der Waals surface area contributed by atoms with Crippen molar-refractivity contribution in [3.63, 3.8) is 0 Å². The molecule has 0 amide bonds. The average molecular weight is 318 g/mol. The third-order valence-corrected chi connectivity index (χ3v) is 4.47. The van der Waals surface area contributed by atoms with Gasteiger partial charge in [0.05, 0.1) is 6.10 Å². The molecule has 0 saturated carbocycles. The highest BCUT2D eigenvalue weighted by atomic mass is 79.9. The first-order valence-electron chi connectivity index (χ1n) is 4.82. The average Bonchev–Trinajstić information content (AvgIpc) is 2.64. The Morgan fingerprint density at radius 3 is 2.81 bits per heavy atom. The number of benzene rings is 1. The highest BCUT2D eigenvalue weighted by Gasteiger charge is 2.13. The number of rotatable bonds is 3. The maximum atomic E-state index is 10.1. The Labute approximate surface area is 112 Å². The van der Waals surface area contributed by atoms with E-state index in [1.807, 2.05) is 35.7 Å². The number of aliphatic hydroxyl groups is 1. The molecule has 0 spiro atoms. The summed E-state index contributed by atoms with van der Waals surface area (Å²) in [6.45, 7) is 0. The van der Waals surface area contributed by atoms with Gasteiger partial charge in [-0.25, -0.2) is 0 Å². The molecule has 16 heavy (non-hydrogen) atoms. The summed E-state index contributed by atoms with van der Waals surface area (Å²) in [7, 11) is 0. The molecule has 1 aromatic heterocycles. The fourth-order valence-corrected chi connectivity index (χ4v) is 3.36. The second kappa shape index (κ2) is 5.32. The molecule has 0 radical (unpaired) electrons. The maximum Gasteiger partial charge on any atom is 0.0933 e. The van der Waals surface area contributed by atoms with Crippen LogP contribution in [0.25, 0.3) is 0 Å². The summed E-state index contributed by atoms with van der Waals surface area (Å²) in [5, 5.41) is 12.7. The predicted molar refractivity (Wildman–Crippen MR) is 72.1 cm³/mol. The van der Waals surface area contributed by atoms with E-state index in [9.17, 15) is 5.11 Å². The first kappa shape index (κ1) is 12.1. The lowest BCUT2D eigenvalue weighted by Crippen LogP contribution is -2.00. The third-order valence-electron chi connectivity index (χ3n) is 2.27. The van der Waals surface area contributed by atoms with Crippen molar-refractivity contribution in [3.05, 3.63) is 55.6 Å². The summed E-state index contributed by atoms with van der Waals surface area (Å²) in [6.07, 6.45) is 0.104. The quantitative estimate of drug-likeness (QED) is 0.887. The van der Waals surface area contributed by atoms with Crippen LogP contribution in [0.15, 0.2) is 40.2 Å². The molecular weight excluding hydrogens is 308 g/mol. The van der Waals surface area contributed by atoms with Crippen molar-refractivity contribution >= 4 is 38.9 Å². The Kier molecular flexibility index (Phi) is 4.03. The third kappa shape index (κ3) is 2.86. The van der Waals surface area contributed by atoms with E-state index in [-0.39, 0.29) is 0 Å². The first-order valence-corrected chi connectivity index (χ1v) is 6.87. The molecule has 1 unspecified atom stereocenters. The number of hydrogen-bond donors (Lipinski definition) is 1. The maximum absolute atomic E-state index is 10.1. The van der Waals surface area contributed by atoms with Crippen molar-refractivity contribution in [2.24, 2.45) is 0 Å². The molecule has 0 bridgehead atoms. The van der Waals surface area contributed by atoms with Gasteiger partial charge in [-0.3, -0.25) is 0 Å². The summed E-state index contributed by atoms with van der Waals surface area (Å²) in [5.74, 6) is 0. The molecule has 0 aliphatic heterocycles. The van der Waals surface area contributed by atoms with Gasteiger partial charge >= 0.3 is 0 Å². The van der Waals surface area contributed by atoms with Crippen LogP contribution in [0.5, 0.6) is 0 Å².